The van der Waals surface area contributed by atoms with Crippen LogP contribution in [0.5, 0.6) is 5.75 Å². The van der Waals surface area contributed by atoms with Gasteiger partial charge in [-0.1, -0.05) is 15.9 Å². The molecule has 1 aromatic rings. The van der Waals surface area contributed by atoms with Crippen molar-refractivity contribution in [2.24, 2.45) is 0 Å². The van der Waals surface area contributed by atoms with Gasteiger partial charge >= 0.3 is 7.12 Å². The molecule has 4 nitrogen and oxygen atoms in total. The van der Waals surface area contributed by atoms with Gasteiger partial charge < -0.3 is 18.8 Å². The Bertz CT molecular complexity index is 554. The summed E-state index contributed by atoms with van der Waals surface area (Å²) in [5.74, 6) is 0.774. The van der Waals surface area contributed by atoms with Gasteiger partial charge in [0.25, 0.3) is 0 Å². The van der Waals surface area contributed by atoms with Crippen molar-refractivity contribution >= 4 is 28.5 Å². The molecule has 3 rings (SSSR count). The quantitative estimate of drug-likeness (QED) is 0.747. The largest absolute Gasteiger partial charge is 0.495 e. The number of ether oxygens (including phenoxy) is 2. The lowest BCUT2D eigenvalue weighted by Gasteiger charge is -2.32. The Hall–Kier alpha value is -0.555. The van der Waals surface area contributed by atoms with E-state index in [-0.39, 0.29) is 17.5 Å². The number of rotatable bonds is 3. The lowest BCUT2D eigenvalue weighted by Crippen LogP contribution is -2.41. The first-order valence-corrected chi connectivity index (χ1v) is 9.00. The standard InChI is InChI=1S/C17H24BBrO4/c1-16(2)17(3,4)23-18(22-16)12-9-13(19)11-14(10-12)21-15-7-5-6-8-20-15/h9-11,15H,5-8H2,1-4H3. The van der Waals surface area contributed by atoms with Crippen molar-refractivity contribution in [3.05, 3.63) is 22.7 Å². The molecular weight excluding hydrogens is 359 g/mol. The maximum atomic E-state index is 6.12. The highest BCUT2D eigenvalue weighted by atomic mass is 79.9. The van der Waals surface area contributed by atoms with Gasteiger partial charge in [-0.15, -0.1) is 0 Å². The van der Waals surface area contributed by atoms with Crippen LogP contribution in [0.2, 0.25) is 0 Å². The van der Waals surface area contributed by atoms with E-state index in [0.717, 1.165) is 41.6 Å². The van der Waals surface area contributed by atoms with Crippen molar-refractivity contribution < 1.29 is 18.8 Å². The fraction of sp³-hybridized carbons (Fsp3) is 0.647. The predicted molar refractivity (Wildman–Crippen MR) is 94.1 cm³/mol. The average Bonchev–Trinajstić information content (AvgIpc) is 2.68. The smallest absolute Gasteiger partial charge is 0.465 e. The maximum Gasteiger partial charge on any atom is 0.495 e. The molecule has 0 radical (unpaired) electrons. The van der Waals surface area contributed by atoms with Crippen LogP contribution >= 0.6 is 15.9 Å². The van der Waals surface area contributed by atoms with Crippen molar-refractivity contribution in [3.8, 4) is 5.75 Å². The lowest BCUT2D eigenvalue weighted by molar-refractivity contribution is -0.105. The van der Waals surface area contributed by atoms with Crippen LogP contribution in [0, 0.1) is 0 Å². The molecule has 0 saturated carbocycles. The Morgan fingerprint density at radius 2 is 1.78 bits per heavy atom. The molecule has 0 N–H and O–H groups in total. The maximum absolute atomic E-state index is 6.12. The molecular formula is C17H24BBrO4. The van der Waals surface area contributed by atoms with E-state index in [2.05, 4.69) is 43.6 Å². The van der Waals surface area contributed by atoms with Gasteiger partial charge in [-0.25, -0.2) is 0 Å². The van der Waals surface area contributed by atoms with Gasteiger partial charge in [0.05, 0.1) is 17.8 Å². The van der Waals surface area contributed by atoms with Crippen molar-refractivity contribution in [2.75, 3.05) is 6.61 Å². The minimum Gasteiger partial charge on any atom is -0.465 e. The molecule has 126 valence electrons. The van der Waals surface area contributed by atoms with Crippen molar-refractivity contribution in [1.82, 2.24) is 0 Å². The normalized spacial score (nSPS) is 26.3. The molecule has 1 unspecified atom stereocenters. The van der Waals surface area contributed by atoms with Gasteiger partial charge in [-0.2, -0.15) is 0 Å². The van der Waals surface area contributed by atoms with E-state index in [1.807, 2.05) is 18.2 Å². The van der Waals surface area contributed by atoms with E-state index >= 15 is 0 Å². The van der Waals surface area contributed by atoms with Crippen LogP contribution in [-0.2, 0) is 14.0 Å². The van der Waals surface area contributed by atoms with Gasteiger partial charge in [-0.05, 0) is 64.2 Å². The number of hydrogen-bond donors (Lipinski definition) is 0. The topological polar surface area (TPSA) is 36.9 Å². The van der Waals surface area contributed by atoms with E-state index in [9.17, 15) is 0 Å². The SMILES string of the molecule is CC1(C)OB(c2cc(Br)cc(OC3CCCCO3)c2)OC1(C)C. The Balaban J connectivity index is 1.78. The van der Waals surface area contributed by atoms with Crippen molar-refractivity contribution in [1.29, 1.82) is 0 Å². The first-order valence-electron chi connectivity index (χ1n) is 8.21. The molecule has 2 saturated heterocycles. The molecule has 23 heavy (non-hydrogen) atoms. The molecule has 0 spiro atoms. The minimum absolute atomic E-state index is 0.163. The fourth-order valence-electron chi connectivity index (χ4n) is 2.72. The first-order chi connectivity index (χ1) is 10.8. The highest BCUT2D eigenvalue weighted by molar-refractivity contribution is 9.10. The molecule has 1 atom stereocenters. The molecule has 2 aliphatic heterocycles. The molecule has 2 heterocycles. The van der Waals surface area contributed by atoms with Crippen LogP contribution < -0.4 is 10.2 Å². The Morgan fingerprint density at radius 1 is 1.09 bits per heavy atom. The fourth-order valence-corrected chi connectivity index (χ4v) is 3.21. The van der Waals surface area contributed by atoms with E-state index in [4.69, 9.17) is 18.8 Å². The summed E-state index contributed by atoms with van der Waals surface area (Å²) in [7, 11) is -0.396. The average molecular weight is 383 g/mol. The predicted octanol–water partition coefficient (Wildman–Crippen LogP) is 3.65. The Labute approximate surface area is 147 Å². The van der Waals surface area contributed by atoms with Crippen LogP contribution in [0.15, 0.2) is 22.7 Å². The number of hydrogen-bond acceptors (Lipinski definition) is 4. The zero-order chi connectivity index (χ0) is 16.7. The molecule has 2 aliphatic rings. The zero-order valence-corrected chi connectivity index (χ0v) is 15.8. The highest BCUT2D eigenvalue weighted by Gasteiger charge is 2.51. The number of halogens is 1. The first kappa shape index (κ1) is 17.3. The van der Waals surface area contributed by atoms with Crippen molar-refractivity contribution in [3.63, 3.8) is 0 Å². The molecule has 6 heteroatoms. The monoisotopic (exact) mass is 382 g/mol. The van der Waals surface area contributed by atoms with Crippen LogP contribution in [0.3, 0.4) is 0 Å². The second-order valence-corrected chi connectivity index (χ2v) is 8.14. The molecule has 0 bridgehead atoms. The van der Waals surface area contributed by atoms with E-state index < -0.39 is 7.12 Å². The minimum atomic E-state index is -0.396. The van der Waals surface area contributed by atoms with Crippen LogP contribution in [0.25, 0.3) is 0 Å². The summed E-state index contributed by atoms with van der Waals surface area (Å²) in [5.41, 5.74) is 0.241. The van der Waals surface area contributed by atoms with Gasteiger partial charge in [0.15, 0.2) is 6.29 Å². The van der Waals surface area contributed by atoms with Gasteiger partial charge in [0, 0.05) is 10.9 Å². The summed E-state index contributed by atoms with van der Waals surface area (Å²) in [5, 5.41) is 0. The van der Waals surface area contributed by atoms with Crippen LogP contribution in [-0.4, -0.2) is 31.2 Å². The van der Waals surface area contributed by atoms with E-state index in [1.165, 1.54) is 0 Å². The molecule has 2 fully saturated rings. The Kier molecular flexibility index (Phi) is 4.80. The van der Waals surface area contributed by atoms with E-state index in [1.54, 1.807) is 0 Å². The summed E-state index contributed by atoms with van der Waals surface area (Å²) in [6.07, 6.45) is 3.02. The third kappa shape index (κ3) is 3.76. The third-order valence-corrected chi connectivity index (χ3v) is 5.28. The van der Waals surface area contributed by atoms with Crippen LogP contribution in [0.4, 0.5) is 0 Å². The van der Waals surface area contributed by atoms with Crippen LogP contribution in [0.1, 0.15) is 47.0 Å². The Morgan fingerprint density at radius 3 is 2.39 bits per heavy atom. The lowest BCUT2D eigenvalue weighted by atomic mass is 9.79. The zero-order valence-electron chi connectivity index (χ0n) is 14.2. The summed E-state index contributed by atoms with van der Waals surface area (Å²) in [4.78, 5) is 0. The molecule has 0 aliphatic carbocycles. The summed E-state index contributed by atoms with van der Waals surface area (Å²) < 4.78 is 24.8. The van der Waals surface area contributed by atoms with E-state index in [0.29, 0.717) is 0 Å². The second kappa shape index (κ2) is 6.39. The van der Waals surface area contributed by atoms with Crippen molar-refractivity contribution in [2.45, 2.75) is 64.4 Å². The summed E-state index contributed by atoms with van der Waals surface area (Å²) >= 11 is 3.55. The second-order valence-electron chi connectivity index (χ2n) is 7.22. The highest BCUT2D eigenvalue weighted by Crippen LogP contribution is 2.37. The summed E-state index contributed by atoms with van der Waals surface area (Å²) in [6, 6.07) is 5.94. The van der Waals surface area contributed by atoms with Gasteiger partial charge in [0.2, 0.25) is 0 Å². The third-order valence-electron chi connectivity index (χ3n) is 4.82. The summed E-state index contributed by atoms with van der Waals surface area (Å²) in [6.45, 7) is 8.98. The molecule has 0 amide bonds. The van der Waals surface area contributed by atoms with Gasteiger partial charge in [0.1, 0.15) is 5.75 Å². The van der Waals surface area contributed by atoms with Gasteiger partial charge in [-0.3, -0.25) is 0 Å². The molecule has 0 aromatic heterocycles. The molecule has 1 aromatic carbocycles. The number of benzene rings is 1.